The quantitative estimate of drug-likeness (QED) is 0.114. The second-order valence-electron chi connectivity index (χ2n) is 33.8. The van der Waals surface area contributed by atoms with Crippen molar-refractivity contribution in [2.75, 3.05) is 0 Å². The van der Waals surface area contributed by atoms with E-state index in [4.69, 9.17) is 58.1 Å². The average Bonchev–Trinajstić information content (AvgIpc) is 1.63. The van der Waals surface area contributed by atoms with Crippen LogP contribution in [0.3, 0.4) is 0 Å². The van der Waals surface area contributed by atoms with Crippen LogP contribution in [-0.2, 0) is 0 Å². The number of benzene rings is 21. The Labute approximate surface area is 774 Å². The highest BCUT2D eigenvalue weighted by Crippen LogP contribution is 2.46. The van der Waals surface area contributed by atoms with Crippen LogP contribution in [0.4, 0.5) is 0 Å². The van der Waals surface area contributed by atoms with Gasteiger partial charge in [-0.1, -0.05) is 376 Å². The molecular weight excluding hydrogens is 1650 g/mol. The van der Waals surface area contributed by atoms with Crippen LogP contribution in [0.25, 0.3) is 266 Å². The van der Waals surface area contributed by atoms with Crippen molar-refractivity contribution >= 4 is 130 Å². The maximum Gasteiger partial charge on any atom is 0.164 e. The van der Waals surface area contributed by atoms with Gasteiger partial charge in [0.1, 0.15) is 33.5 Å². The zero-order valence-corrected chi connectivity index (χ0v) is 72.6. The molecule has 27 rings (SSSR count). The van der Waals surface area contributed by atoms with Crippen molar-refractivity contribution in [3.63, 3.8) is 0 Å². The first-order valence-electron chi connectivity index (χ1n) is 45.1. The zero-order chi connectivity index (χ0) is 89.2. The summed E-state index contributed by atoms with van der Waals surface area (Å²) in [6, 6.07) is 157. The lowest BCUT2D eigenvalue weighted by molar-refractivity contribution is 0.668. The number of furan rings is 3. The Balaban J connectivity index is 0.000000108. The highest BCUT2D eigenvalue weighted by molar-refractivity contribution is 6.19. The van der Waals surface area contributed by atoms with Gasteiger partial charge in [-0.2, -0.15) is 0 Å². The maximum atomic E-state index is 6.26. The van der Waals surface area contributed by atoms with Gasteiger partial charge in [0, 0.05) is 82.4 Å². The molecular formula is C123H75N9O3. The molecule has 0 saturated carbocycles. The fourth-order valence-electron chi connectivity index (χ4n) is 18.9. The molecule has 0 aliphatic rings. The third-order valence-corrected chi connectivity index (χ3v) is 25.6. The van der Waals surface area contributed by atoms with Crippen molar-refractivity contribution in [1.29, 1.82) is 0 Å². The Morgan fingerprint density at radius 3 is 0.756 bits per heavy atom. The lowest BCUT2D eigenvalue weighted by atomic mass is 9.92. The van der Waals surface area contributed by atoms with Crippen LogP contribution < -0.4 is 0 Å². The predicted octanol–water partition coefficient (Wildman–Crippen LogP) is 32.2. The van der Waals surface area contributed by atoms with E-state index in [1.165, 1.54) is 21.5 Å². The SMILES string of the molecule is c1ccc(-c2nc(-c3ccc(-c4ccc5oc6ccccc6c5c4)cc3)nc(-c3ccc4ccccc4c3)n2)cc1.c1ccc(-c2nc(-c3ccc4ccccc4c3)nc(-c3ccc(-c4cccc5oc6ccccc6c45)c4ccccc34)n2)cc1.c1ccc2cc(-c3nc(-c4ccc5ccccc5c4)nc(-c4ccc(-c5cccc6oc7ccccc7c56)c5ccccc45)n3)ccc2c1. The van der Waals surface area contributed by atoms with Crippen LogP contribution in [0, 0.1) is 0 Å². The van der Waals surface area contributed by atoms with Gasteiger partial charge in [-0.05, 0) is 177 Å². The number of rotatable bonds is 12. The van der Waals surface area contributed by atoms with Crippen molar-refractivity contribution < 1.29 is 13.3 Å². The smallest absolute Gasteiger partial charge is 0.164 e. The van der Waals surface area contributed by atoms with Crippen molar-refractivity contribution in [2.45, 2.75) is 0 Å². The summed E-state index contributed by atoms with van der Waals surface area (Å²) in [4.78, 5) is 45.3. The molecule has 6 heterocycles. The summed E-state index contributed by atoms with van der Waals surface area (Å²) in [5.41, 5.74) is 20.7. The van der Waals surface area contributed by atoms with E-state index in [0.717, 1.165) is 192 Å². The maximum absolute atomic E-state index is 6.26. The fraction of sp³-hybridized carbons (Fsp3) is 0. The fourth-order valence-corrected chi connectivity index (χ4v) is 18.9. The first-order valence-corrected chi connectivity index (χ1v) is 45.1. The van der Waals surface area contributed by atoms with Gasteiger partial charge in [-0.15, -0.1) is 0 Å². The molecule has 0 aliphatic heterocycles. The number of nitrogens with zero attached hydrogens (tertiary/aromatic N) is 9. The van der Waals surface area contributed by atoms with Crippen LogP contribution >= 0.6 is 0 Å². The predicted molar refractivity (Wildman–Crippen MR) is 552 cm³/mol. The molecule has 0 fully saturated rings. The van der Waals surface area contributed by atoms with E-state index in [-0.39, 0.29) is 0 Å². The monoisotopic (exact) mass is 1730 g/mol. The van der Waals surface area contributed by atoms with Gasteiger partial charge in [0.25, 0.3) is 0 Å². The van der Waals surface area contributed by atoms with E-state index in [1.807, 2.05) is 121 Å². The van der Waals surface area contributed by atoms with Gasteiger partial charge in [0.05, 0.1) is 0 Å². The minimum Gasteiger partial charge on any atom is -0.456 e. The van der Waals surface area contributed by atoms with Crippen LogP contribution in [0.2, 0.25) is 0 Å². The van der Waals surface area contributed by atoms with Crippen LogP contribution in [0.15, 0.2) is 468 Å². The molecule has 0 bridgehead atoms. The molecule has 12 nitrogen and oxygen atoms in total. The normalized spacial score (nSPS) is 11.6. The Hall–Kier alpha value is -18.4. The molecule has 0 amide bonds. The van der Waals surface area contributed by atoms with Crippen LogP contribution in [0.5, 0.6) is 0 Å². The second kappa shape index (κ2) is 33.6. The zero-order valence-electron chi connectivity index (χ0n) is 72.6. The Morgan fingerprint density at radius 1 is 0.119 bits per heavy atom. The van der Waals surface area contributed by atoms with E-state index in [9.17, 15) is 0 Å². The van der Waals surface area contributed by atoms with Gasteiger partial charge in [0.15, 0.2) is 52.4 Å². The van der Waals surface area contributed by atoms with Crippen molar-refractivity contribution in [3.05, 3.63) is 455 Å². The topological polar surface area (TPSA) is 155 Å². The average molecular weight is 1730 g/mol. The largest absolute Gasteiger partial charge is 0.456 e. The molecule has 135 heavy (non-hydrogen) atoms. The number of para-hydroxylation sites is 3. The van der Waals surface area contributed by atoms with Crippen LogP contribution in [-0.4, -0.2) is 44.9 Å². The van der Waals surface area contributed by atoms with E-state index in [2.05, 4.69) is 334 Å². The van der Waals surface area contributed by atoms with E-state index >= 15 is 0 Å². The minimum atomic E-state index is 0.635. The third-order valence-electron chi connectivity index (χ3n) is 25.6. The lowest BCUT2D eigenvalue weighted by Crippen LogP contribution is -2.01. The Bertz CT molecular complexity index is 9260. The molecule has 0 unspecified atom stereocenters. The standard InChI is InChI=1S/C45H27N3O.C41H25N3O.C37H23N3O/c1-3-12-30-26-32(22-20-28(30)10-1)43-46-44(33-23-21-29-11-2-4-13-31(29)27-33)48-45(47-43)38-25-24-36(34-14-5-6-15-35(34)38)37-17-9-19-41-42(37)39-16-7-8-18-40(39)49-41;1-2-12-27(13-3-1)39-42-40(29-22-21-26-11-4-5-14-28(26)25-29)44-41(43-39)34-24-23-32(30-15-6-7-16-31(30)34)33-18-10-20-37-38(33)35-17-8-9-19-36(35)45-37;1-2-9-26(10-3-1)35-38-36(40-37(39-35)30-19-16-24-8-4-5-11-28(24)22-30)27-17-14-25(15-18-27)29-20-21-34-32(23-29)31-12-6-7-13-33(31)41-34/h1-27H;1-25H;1-23H. The number of hydrogen-bond donors (Lipinski definition) is 0. The van der Waals surface area contributed by atoms with Crippen molar-refractivity contribution in [1.82, 2.24) is 44.9 Å². The van der Waals surface area contributed by atoms with Gasteiger partial charge in [0.2, 0.25) is 0 Å². The lowest BCUT2D eigenvalue weighted by Gasteiger charge is -2.14. The molecule has 0 N–H and O–H groups in total. The number of fused-ring (bicyclic) bond motifs is 15. The molecule has 6 aromatic heterocycles. The van der Waals surface area contributed by atoms with E-state index in [0.29, 0.717) is 52.4 Å². The summed E-state index contributed by atoms with van der Waals surface area (Å²) < 4.78 is 18.5. The summed E-state index contributed by atoms with van der Waals surface area (Å²) in [7, 11) is 0. The first-order chi connectivity index (χ1) is 66.8. The van der Waals surface area contributed by atoms with Crippen molar-refractivity contribution in [3.8, 4) is 136 Å². The molecule has 27 aromatic rings. The Morgan fingerprint density at radius 2 is 0.370 bits per heavy atom. The van der Waals surface area contributed by atoms with E-state index in [1.54, 1.807) is 0 Å². The first kappa shape index (κ1) is 78.8. The molecule has 0 atom stereocenters. The summed E-state index contributed by atoms with van der Waals surface area (Å²) in [6.45, 7) is 0. The molecule has 630 valence electrons. The molecule has 0 spiro atoms. The van der Waals surface area contributed by atoms with E-state index < -0.39 is 0 Å². The number of hydrogen-bond acceptors (Lipinski definition) is 12. The second-order valence-corrected chi connectivity index (χ2v) is 33.8. The molecule has 0 saturated heterocycles. The highest BCUT2D eigenvalue weighted by atomic mass is 16.3. The van der Waals surface area contributed by atoms with Gasteiger partial charge in [-0.3, -0.25) is 0 Å². The van der Waals surface area contributed by atoms with Gasteiger partial charge < -0.3 is 13.3 Å². The van der Waals surface area contributed by atoms with Gasteiger partial charge in [-0.25, -0.2) is 44.9 Å². The molecule has 21 aromatic carbocycles. The molecule has 0 radical (unpaired) electrons. The summed E-state index contributed by atoms with van der Waals surface area (Å²) >= 11 is 0. The van der Waals surface area contributed by atoms with Crippen LogP contribution in [0.1, 0.15) is 0 Å². The number of aromatic nitrogens is 9. The molecule has 0 aliphatic carbocycles. The van der Waals surface area contributed by atoms with Gasteiger partial charge >= 0.3 is 0 Å². The molecule has 12 heteroatoms. The minimum absolute atomic E-state index is 0.635. The summed E-state index contributed by atoms with van der Waals surface area (Å²) in [6.07, 6.45) is 0. The third kappa shape index (κ3) is 14.8. The Kier molecular flexibility index (Phi) is 19.6. The summed E-state index contributed by atoms with van der Waals surface area (Å²) in [5, 5.41) is 20.4. The summed E-state index contributed by atoms with van der Waals surface area (Å²) in [5.74, 6) is 5.80. The highest BCUT2D eigenvalue weighted by Gasteiger charge is 2.24. The van der Waals surface area contributed by atoms with Crippen molar-refractivity contribution in [2.24, 2.45) is 0 Å².